The maximum Gasteiger partial charge on any atom is 0.278 e. The highest BCUT2D eigenvalue weighted by atomic mass is 127. The highest BCUT2D eigenvalue weighted by molar-refractivity contribution is 14.1. The van der Waals surface area contributed by atoms with Crippen molar-refractivity contribution in [1.82, 2.24) is 4.98 Å². The van der Waals surface area contributed by atoms with Crippen LogP contribution in [0.15, 0.2) is 23.0 Å². The van der Waals surface area contributed by atoms with Crippen LogP contribution < -0.4 is 5.43 Å². The van der Waals surface area contributed by atoms with Gasteiger partial charge in [-0.15, -0.1) is 0 Å². The lowest BCUT2D eigenvalue weighted by atomic mass is 10.2. The summed E-state index contributed by atoms with van der Waals surface area (Å²) in [6.07, 6.45) is -2.75. The Morgan fingerprint density at radius 3 is 2.56 bits per heavy atom. The molecule has 0 radical (unpaired) electrons. The van der Waals surface area contributed by atoms with E-state index in [1.54, 1.807) is 22.6 Å². The number of benzene rings is 1. The second kappa shape index (κ2) is 4.08. The molecule has 0 amide bonds. The van der Waals surface area contributed by atoms with Gasteiger partial charge in [-0.1, -0.05) is 0 Å². The third kappa shape index (κ3) is 1.93. The number of aromatic amines is 1. The topological polar surface area (TPSA) is 32.9 Å². The quantitative estimate of drug-likeness (QED) is 0.796. The lowest BCUT2D eigenvalue weighted by Gasteiger charge is -2.05. The van der Waals surface area contributed by atoms with E-state index in [0.717, 1.165) is 12.1 Å². The predicted molar refractivity (Wildman–Crippen MR) is 62.2 cm³/mol. The van der Waals surface area contributed by atoms with E-state index in [-0.39, 0.29) is 10.9 Å². The molecule has 16 heavy (non-hydrogen) atoms. The minimum absolute atomic E-state index is 0.0776. The van der Waals surface area contributed by atoms with Gasteiger partial charge in [-0.3, -0.25) is 4.79 Å². The first-order chi connectivity index (χ1) is 7.49. The summed E-state index contributed by atoms with van der Waals surface area (Å²) in [7, 11) is 0. The molecule has 2 rings (SSSR count). The zero-order valence-electron chi connectivity index (χ0n) is 7.73. The van der Waals surface area contributed by atoms with Gasteiger partial charge in [0.15, 0.2) is 5.43 Å². The van der Waals surface area contributed by atoms with Crippen molar-refractivity contribution in [3.05, 3.63) is 43.5 Å². The molecule has 0 aliphatic carbocycles. The highest BCUT2D eigenvalue weighted by Crippen LogP contribution is 2.22. The Labute approximate surface area is 102 Å². The molecule has 1 N–H and O–H groups in total. The Hall–Kier alpha value is -1.05. The van der Waals surface area contributed by atoms with Gasteiger partial charge in [-0.2, -0.15) is 0 Å². The summed E-state index contributed by atoms with van der Waals surface area (Å²) in [5, 5.41) is 0.0776. The van der Waals surface area contributed by atoms with E-state index in [1.165, 1.54) is 6.07 Å². The standard InChI is InChI=1S/C10H5F3INO/c11-4-1-5-8(16)3-7(10(12)13)15-9(5)6(14)2-4/h1-3,10H,(H,15,16). The summed E-state index contributed by atoms with van der Waals surface area (Å²) in [4.78, 5) is 13.9. The van der Waals surface area contributed by atoms with Crippen molar-refractivity contribution in [2.45, 2.75) is 6.43 Å². The first kappa shape index (κ1) is 11.4. The average molecular weight is 339 g/mol. The number of H-pyrrole nitrogens is 1. The number of hydrogen-bond donors (Lipinski definition) is 1. The summed E-state index contributed by atoms with van der Waals surface area (Å²) in [6, 6.07) is 3.00. The molecule has 84 valence electrons. The minimum atomic E-state index is -2.75. The Bertz CT molecular complexity index is 609. The van der Waals surface area contributed by atoms with Crippen molar-refractivity contribution in [3.8, 4) is 0 Å². The lowest BCUT2D eigenvalue weighted by Crippen LogP contribution is -2.07. The molecule has 0 spiro atoms. The van der Waals surface area contributed by atoms with Gasteiger partial charge >= 0.3 is 0 Å². The first-order valence-electron chi connectivity index (χ1n) is 4.29. The Morgan fingerprint density at radius 2 is 1.94 bits per heavy atom. The molecule has 2 nitrogen and oxygen atoms in total. The average Bonchev–Trinajstić information content (AvgIpc) is 2.19. The van der Waals surface area contributed by atoms with E-state index in [4.69, 9.17) is 0 Å². The normalized spacial score (nSPS) is 11.3. The molecule has 1 aromatic heterocycles. The third-order valence-electron chi connectivity index (χ3n) is 2.11. The Balaban J connectivity index is 2.87. The largest absolute Gasteiger partial charge is 0.353 e. The van der Waals surface area contributed by atoms with E-state index in [0.29, 0.717) is 3.57 Å². The van der Waals surface area contributed by atoms with Crippen LogP contribution in [0.3, 0.4) is 0 Å². The van der Waals surface area contributed by atoms with Crippen LogP contribution >= 0.6 is 22.6 Å². The molecule has 1 heterocycles. The summed E-state index contributed by atoms with van der Waals surface area (Å²) >= 11 is 1.79. The molecule has 0 saturated carbocycles. The van der Waals surface area contributed by atoms with Gasteiger partial charge in [-0.05, 0) is 34.7 Å². The molecule has 0 aliphatic heterocycles. The molecule has 0 atom stereocenters. The van der Waals surface area contributed by atoms with Crippen LogP contribution in [0, 0.1) is 9.39 Å². The number of rotatable bonds is 1. The number of halogens is 4. The molecule has 6 heteroatoms. The molecule has 0 saturated heterocycles. The van der Waals surface area contributed by atoms with Crippen LogP contribution in [0.25, 0.3) is 10.9 Å². The fraction of sp³-hybridized carbons (Fsp3) is 0.100. The van der Waals surface area contributed by atoms with Crippen LogP contribution in [0.5, 0.6) is 0 Å². The van der Waals surface area contributed by atoms with Crippen LogP contribution in [-0.4, -0.2) is 4.98 Å². The SMILES string of the molecule is O=c1cc(C(F)F)[nH]c2c(I)cc(F)cc12. The maximum absolute atomic E-state index is 13.0. The molecule has 0 fully saturated rings. The van der Waals surface area contributed by atoms with E-state index in [2.05, 4.69) is 4.98 Å². The number of alkyl halides is 2. The van der Waals surface area contributed by atoms with Gasteiger partial charge < -0.3 is 4.98 Å². The number of nitrogens with one attached hydrogen (secondary N) is 1. The second-order valence-corrected chi connectivity index (χ2v) is 4.36. The van der Waals surface area contributed by atoms with Gasteiger partial charge in [0.25, 0.3) is 6.43 Å². The number of fused-ring (bicyclic) bond motifs is 1. The highest BCUT2D eigenvalue weighted by Gasteiger charge is 2.12. The smallest absolute Gasteiger partial charge is 0.278 e. The van der Waals surface area contributed by atoms with Crippen molar-refractivity contribution in [1.29, 1.82) is 0 Å². The van der Waals surface area contributed by atoms with Crippen LogP contribution in [-0.2, 0) is 0 Å². The van der Waals surface area contributed by atoms with E-state index in [1.807, 2.05) is 0 Å². The molecular weight excluding hydrogens is 334 g/mol. The van der Waals surface area contributed by atoms with Gasteiger partial charge in [0.2, 0.25) is 0 Å². The molecule has 2 aromatic rings. The van der Waals surface area contributed by atoms with E-state index >= 15 is 0 Å². The van der Waals surface area contributed by atoms with Crippen molar-refractivity contribution >= 4 is 33.5 Å². The third-order valence-corrected chi connectivity index (χ3v) is 2.96. The van der Waals surface area contributed by atoms with Crippen molar-refractivity contribution in [2.24, 2.45) is 0 Å². The molecule has 0 unspecified atom stereocenters. The zero-order valence-corrected chi connectivity index (χ0v) is 9.89. The molecule has 0 bridgehead atoms. The Morgan fingerprint density at radius 1 is 1.25 bits per heavy atom. The van der Waals surface area contributed by atoms with E-state index in [9.17, 15) is 18.0 Å². The second-order valence-electron chi connectivity index (χ2n) is 3.20. The Kier molecular flexibility index (Phi) is 2.92. The molecular formula is C10H5F3INO. The van der Waals surface area contributed by atoms with Crippen LogP contribution in [0.4, 0.5) is 13.2 Å². The fourth-order valence-corrected chi connectivity index (χ4v) is 2.13. The van der Waals surface area contributed by atoms with Gasteiger partial charge in [0.1, 0.15) is 5.82 Å². The van der Waals surface area contributed by atoms with E-state index < -0.39 is 23.4 Å². The molecule has 1 aromatic carbocycles. The first-order valence-corrected chi connectivity index (χ1v) is 5.37. The monoisotopic (exact) mass is 339 g/mol. The molecule has 0 aliphatic rings. The van der Waals surface area contributed by atoms with Gasteiger partial charge in [0, 0.05) is 15.0 Å². The summed E-state index contributed by atoms with van der Waals surface area (Å²) < 4.78 is 38.3. The van der Waals surface area contributed by atoms with Crippen LogP contribution in [0.1, 0.15) is 12.1 Å². The zero-order chi connectivity index (χ0) is 11.9. The summed E-state index contributed by atoms with van der Waals surface area (Å²) in [6.45, 7) is 0. The maximum atomic E-state index is 13.0. The predicted octanol–water partition coefficient (Wildman–Crippen LogP) is 3.21. The summed E-state index contributed by atoms with van der Waals surface area (Å²) in [5.74, 6) is -0.563. The summed E-state index contributed by atoms with van der Waals surface area (Å²) in [5.41, 5.74) is -0.826. The van der Waals surface area contributed by atoms with Gasteiger partial charge in [-0.25, -0.2) is 13.2 Å². The van der Waals surface area contributed by atoms with Crippen LogP contribution in [0.2, 0.25) is 0 Å². The minimum Gasteiger partial charge on any atom is -0.353 e. The lowest BCUT2D eigenvalue weighted by molar-refractivity contribution is 0.146. The van der Waals surface area contributed by atoms with Gasteiger partial charge in [0.05, 0.1) is 11.2 Å². The number of aromatic nitrogens is 1. The number of pyridine rings is 1. The van der Waals surface area contributed by atoms with Crippen molar-refractivity contribution in [3.63, 3.8) is 0 Å². The van der Waals surface area contributed by atoms with Crippen molar-refractivity contribution in [2.75, 3.05) is 0 Å². The number of hydrogen-bond acceptors (Lipinski definition) is 1. The fourth-order valence-electron chi connectivity index (χ4n) is 1.41. The van der Waals surface area contributed by atoms with Crippen molar-refractivity contribution < 1.29 is 13.2 Å².